The summed E-state index contributed by atoms with van der Waals surface area (Å²) in [7, 11) is -3.00. The van der Waals surface area contributed by atoms with Crippen LogP contribution in [-0.4, -0.2) is 51.1 Å². The van der Waals surface area contributed by atoms with Crippen molar-refractivity contribution in [2.45, 2.75) is 43.9 Å². The second-order valence-electron chi connectivity index (χ2n) is 6.77. The normalized spacial score (nSPS) is 15.9. The second kappa shape index (κ2) is 8.08. The van der Waals surface area contributed by atoms with Crippen LogP contribution in [0.25, 0.3) is 0 Å². The first-order valence-electron chi connectivity index (χ1n) is 8.45. The van der Waals surface area contributed by atoms with Crippen LogP contribution in [0.3, 0.4) is 0 Å². The third-order valence-corrected chi connectivity index (χ3v) is 5.87. The summed E-state index contributed by atoms with van der Waals surface area (Å²) in [5.74, 6) is -3.10. The Morgan fingerprint density at radius 1 is 1.21 bits per heavy atom. The summed E-state index contributed by atoms with van der Waals surface area (Å²) in [5, 5.41) is 0. The number of hydrogen-bond donors (Lipinski definition) is 1. The summed E-state index contributed by atoms with van der Waals surface area (Å²) in [5.41, 5.74) is 0.976. The molecular formula is C17H21F3N2O5S. The van der Waals surface area contributed by atoms with Crippen LogP contribution in [0.5, 0.6) is 0 Å². The van der Waals surface area contributed by atoms with E-state index in [0.717, 1.165) is 7.11 Å². The van der Waals surface area contributed by atoms with Crippen LogP contribution in [0.1, 0.15) is 25.0 Å². The Balaban J connectivity index is 2.29. The molecule has 0 aromatic heterocycles. The van der Waals surface area contributed by atoms with E-state index in [-0.39, 0.29) is 30.3 Å². The summed E-state index contributed by atoms with van der Waals surface area (Å²) < 4.78 is 70.2. The Kier molecular flexibility index (Phi) is 6.39. The quantitative estimate of drug-likeness (QED) is 0.728. The molecule has 28 heavy (non-hydrogen) atoms. The number of alkyl halides is 3. The zero-order chi connectivity index (χ0) is 21.3. The van der Waals surface area contributed by atoms with Crippen molar-refractivity contribution in [1.82, 2.24) is 9.62 Å². The van der Waals surface area contributed by atoms with E-state index >= 15 is 0 Å². The first-order valence-corrected chi connectivity index (χ1v) is 9.93. The van der Waals surface area contributed by atoms with Gasteiger partial charge in [-0.25, -0.2) is 8.42 Å². The van der Waals surface area contributed by atoms with Gasteiger partial charge in [0.05, 0.1) is 12.0 Å². The number of benzene rings is 1. The maximum absolute atomic E-state index is 12.7. The molecule has 0 bridgehead atoms. The summed E-state index contributed by atoms with van der Waals surface area (Å²) in [6.45, 7) is 2.82. The van der Waals surface area contributed by atoms with E-state index in [9.17, 15) is 31.2 Å². The van der Waals surface area contributed by atoms with Crippen LogP contribution < -0.4 is 4.72 Å². The molecule has 1 unspecified atom stereocenters. The van der Waals surface area contributed by atoms with E-state index in [1.807, 2.05) is 0 Å². The molecule has 156 valence electrons. The number of carbonyl (C=O) groups excluding carboxylic acids is 2. The van der Waals surface area contributed by atoms with Gasteiger partial charge in [0.2, 0.25) is 10.0 Å². The minimum atomic E-state index is -4.99. The fraction of sp³-hybridized carbons (Fsp3) is 0.529. The van der Waals surface area contributed by atoms with Gasteiger partial charge in [0.25, 0.3) is 0 Å². The number of hydrogen-bond acceptors (Lipinski definition) is 5. The first kappa shape index (κ1) is 22.2. The minimum absolute atomic E-state index is 0.104. The molecule has 7 nitrogen and oxygen atoms in total. The van der Waals surface area contributed by atoms with Crippen molar-refractivity contribution >= 4 is 21.9 Å². The van der Waals surface area contributed by atoms with Crippen molar-refractivity contribution in [2.75, 3.05) is 13.7 Å². The summed E-state index contributed by atoms with van der Waals surface area (Å²) >= 11 is 0. The van der Waals surface area contributed by atoms with Gasteiger partial charge in [-0.15, -0.1) is 0 Å². The molecule has 1 N–H and O–H groups in total. The molecule has 1 aliphatic heterocycles. The fourth-order valence-corrected chi connectivity index (χ4v) is 4.26. The maximum Gasteiger partial charge on any atom is 0.471 e. The third-order valence-electron chi connectivity index (χ3n) is 4.43. The van der Waals surface area contributed by atoms with E-state index in [2.05, 4.69) is 9.46 Å². The number of sulfonamides is 1. The second-order valence-corrected chi connectivity index (χ2v) is 8.49. The van der Waals surface area contributed by atoms with E-state index in [4.69, 9.17) is 0 Å². The summed E-state index contributed by atoms with van der Waals surface area (Å²) in [6.07, 6.45) is -4.81. The molecule has 1 heterocycles. The lowest BCUT2D eigenvalue weighted by atomic mass is 10.00. The number of halogens is 3. The van der Waals surface area contributed by atoms with E-state index in [1.54, 1.807) is 13.8 Å². The number of rotatable bonds is 5. The number of esters is 1. The highest BCUT2D eigenvalue weighted by molar-refractivity contribution is 7.89. The van der Waals surface area contributed by atoms with Crippen molar-refractivity contribution < 1.29 is 35.9 Å². The molecular weight excluding hydrogens is 401 g/mol. The Morgan fingerprint density at radius 3 is 2.39 bits per heavy atom. The maximum atomic E-state index is 12.7. The van der Waals surface area contributed by atoms with Crippen LogP contribution in [0.2, 0.25) is 0 Å². The molecule has 0 spiro atoms. The Morgan fingerprint density at radius 2 is 1.86 bits per heavy atom. The van der Waals surface area contributed by atoms with Gasteiger partial charge in [0.15, 0.2) is 0 Å². The average molecular weight is 422 g/mol. The lowest BCUT2D eigenvalue weighted by Gasteiger charge is -2.29. The molecule has 1 aromatic carbocycles. The van der Waals surface area contributed by atoms with Crippen LogP contribution in [0.4, 0.5) is 13.2 Å². The van der Waals surface area contributed by atoms with Gasteiger partial charge in [-0.3, -0.25) is 9.59 Å². The number of carbonyl (C=O) groups is 2. The van der Waals surface area contributed by atoms with E-state index in [0.29, 0.717) is 16.0 Å². The molecule has 11 heteroatoms. The number of methoxy groups -OCH3 is 1. The molecule has 1 aromatic rings. The Hall–Kier alpha value is -2.14. The SMILES string of the molecule is COC(=O)C(NS(=O)(=O)c1ccc2c(c1)CN(C(=O)C(F)(F)F)CC2)C(C)C. The Labute approximate surface area is 160 Å². The summed E-state index contributed by atoms with van der Waals surface area (Å²) in [4.78, 5) is 23.7. The summed E-state index contributed by atoms with van der Waals surface area (Å²) in [6, 6.07) is 2.93. The van der Waals surface area contributed by atoms with Gasteiger partial charge < -0.3 is 9.64 Å². The van der Waals surface area contributed by atoms with Crippen molar-refractivity contribution in [1.29, 1.82) is 0 Å². The van der Waals surface area contributed by atoms with Gasteiger partial charge in [0, 0.05) is 13.1 Å². The molecule has 0 fully saturated rings. The lowest BCUT2D eigenvalue weighted by molar-refractivity contribution is -0.186. The highest BCUT2D eigenvalue weighted by Crippen LogP contribution is 2.26. The predicted octanol–water partition coefficient (Wildman–Crippen LogP) is 1.61. The highest BCUT2D eigenvalue weighted by Gasteiger charge is 2.43. The van der Waals surface area contributed by atoms with E-state index < -0.39 is 34.1 Å². The minimum Gasteiger partial charge on any atom is -0.468 e. The van der Waals surface area contributed by atoms with Crippen LogP contribution in [0.15, 0.2) is 23.1 Å². The van der Waals surface area contributed by atoms with Gasteiger partial charge in [-0.2, -0.15) is 17.9 Å². The smallest absolute Gasteiger partial charge is 0.468 e. The standard InChI is InChI=1S/C17H21F3N2O5S/c1-10(2)14(15(23)27-3)21-28(25,26)13-5-4-11-6-7-22(9-12(11)8-13)16(24)17(18,19)20/h4-5,8,10,14,21H,6-7,9H2,1-3H3. The largest absolute Gasteiger partial charge is 0.471 e. The number of nitrogens with zero attached hydrogens (tertiary/aromatic N) is 1. The van der Waals surface area contributed by atoms with Crippen LogP contribution in [-0.2, 0) is 37.3 Å². The molecule has 0 radical (unpaired) electrons. The number of fused-ring (bicyclic) bond motifs is 1. The van der Waals surface area contributed by atoms with Crippen molar-refractivity contribution in [3.8, 4) is 0 Å². The molecule has 2 rings (SSSR count). The monoisotopic (exact) mass is 422 g/mol. The van der Waals surface area contributed by atoms with Gasteiger partial charge in [0.1, 0.15) is 6.04 Å². The molecule has 0 saturated carbocycles. The fourth-order valence-electron chi connectivity index (χ4n) is 2.87. The zero-order valence-electron chi connectivity index (χ0n) is 15.5. The first-order chi connectivity index (χ1) is 12.9. The highest BCUT2D eigenvalue weighted by atomic mass is 32.2. The predicted molar refractivity (Wildman–Crippen MR) is 92.6 cm³/mol. The average Bonchev–Trinajstić information content (AvgIpc) is 2.63. The van der Waals surface area contributed by atoms with Gasteiger partial charge in [-0.1, -0.05) is 19.9 Å². The molecule has 1 aliphatic rings. The molecule has 1 amide bonds. The molecule has 0 saturated heterocycles. The van der Waals surface area contributed by atoms with Gasteiger partial charge >= 0.3 is 18.1 Å². The van der Waals surface area contributed by atoms with Crippen molar-refractivity contribution in [2.24, 2.45) is 5.92 Å². The number of amides is 1. The van der Waals surface area contributed by atoms with E-state index in [1.165, 1.54) is 18.2 Å². The van der Waals surface area contributed by atoms with Gasteiger partial charge in [-0.05, 0) is 35.6 Å². The number of nitrogens with one attached hydrogen (secondary N) is 1. The lowest BCUT2D eigenvalue weighted by Crippen LogP contribution is -2.45. The van der Waals surface area contributed by atoms with Crippen molar-refractivity contribution in [3.63, 3.8) is 0 Å². The van der Waals surface area contributed by atoms with Crippen LogP contribution >= 0.6 is 0 Å². The zero-order valence-corrected chi connectivity index (χ0v) is 16.4. The molecule has 1 atom stereocenters. The number of ether oxygens (including phenoxy) is 1. The van der Waals surface area contributed by atoms with Crippen LogP contribution in [0, 0.1) is 5.92 Å². The topological polar surface area (TPSA) is 92.8 Å². The Bertz CT molecular complexity index is 868. The van der Waals surface area contributed by atoms with Crippen molar-refractivity contribution in [3.05, 3.63) is 29.3 Å². The third kappa shape index (κ3) is 4.82. The molecule has 0 aliphatic carbocycles.